The van der Waals surface area contributed by atoms with Crippen molar-refractivity contribution in [2.75, 3.05) is 20.1 Å². The largest absolute Gasteiger partial charge is 0.508 e. The number of amides is 1. The topological polar surface area (TPSA) is 111 Å². The monoisotopic (exact) mass is 698 g/mol. The Balaban J connectivity index is 1.34. The molecule has 4 aromatic rings. The van der Waals surface area contributed by atoms with Gasteiger partial charge in [0.15, 0.2) is 6.29 Å². The minimum atomic E-state index is -2.04. The van der Waals surface area contributed by atoms with E-state index in [9.17, 15) is 20.1 Å². The second-order valence-corrected chi connectivity index (χ2v) is 14.0. The molecule has 0 bridgehead atoms. The fraction of sp³-hybridized carbons (Fsp3) is 0.306. The molecule has 4 atom stereocenters. The second-order valence-electron chi connectivity index (χ2n) is 11.7. The van der Waals surface area contributed by atoms with Gasteiger partial charge in [-0.15, -0.1) is 0 Å². The van der Waals surface area contributed by atoms with Crippen molar-refractivity contribution in [1.29, 1.82) is 0 Å². The minimum Gasteiger partial charge on any atom is -0.508 e. The van der Waals surface area contributed by atoms with Gasteiger partial charge in [-0.05, 0) is 64.7 Å². The van der Waals surface area contributed by atoms with Crippen molar-refractivity contribution in [1.82, 2.24) is 10.2 Å². The predicted octanol–water partition coefficient (Wildman–Crippen LogP) is 6.75. The molecular formula is C36H37Cl3N2O6. The Hall–Kier alpha value is -3.18. The number of phenolic OH excluding ortho intramolecular Hbond substituents is 1. The molecule has 0 saturated carbocycles. The van der Waals surface area contributed by atoms with Gasteiger partial charge in [-0.3, -0.25) is 4.79 Å². The fourth-order valence-corrected chi connectivity index (χ4v) is 5.80. The van der Waals surface area contributed by atoms with Crippen molar-refractivity contribution in [3.8, 4) is 16.9 Å². The third kappa shape index (κ3) is 9.69. The number of hydrogen-bond donors (Lipinski definition) is 4. The van der Waals surface area contributed by atoms with Gasteiger partial charge in [0, 0.05) is 31.6 Å². The number of nitrogens with zero attached hydrogens (tertiary/aromatic N) is 1. The van der Waals surface area contributed by atoms with Crippen LogP contribution in [0.2, 0.25) is 0 Å². The number of carbonyl (C=O) groups excluding carboxylic acids is 1. The van der Waals surface area contributed by atoms with E-state index >= 15 is 0 Å². The Bertz CT molecular complexity index is 1650. The average Bonchev–Trinajstić information content (AvgIpc) is 3.06. The number of likely N-dealkylation sites (N-methyl/N-ethyl adjacent to an activating group) is 1. The molecule has 0 unspecified atom stereocenters. The number of nitrogens with one attached hydrogen (secondary N) is 1. The van der Waals surface area contributed by atoms with Crippen LogP contribution in [0.25, 0.3) is 11.1 Å². The summed E-state index contributed by atoms with van der Waals surface area (Å²) in [6, 6.07) is 30.0. The highest BCUT2D eigenvalue weighted by atomic mass is 35.6. The van der Waals surface area contributed by atoms with Gasteiger partial charge in [-0.2, -0.15) is 0 Å². The van der Waals surface area contributed by atoms with Crippen LogP contribution in [0.5, 0.6) is 5.75 Å². The van der Waals surface area contributed by atoms with Gasteiger partial charge >= 0.3 is 0 Å². The van der Waals surface area contributed by atoms with Crippen molar-refractivity contribution >= 4 is 40.7 Å². The summed E-state index contributed by atoms with van der Waals surface area (Å²) in [5.74, 6) is -0.591. The SMILES string of the molecule is CN(C[C@H]1C[C@@H](c2ccc(CO)cc2)O[C@@H](c2cccc(-c3cccc(CNC(=O)C(Cl)(Cl)Cl)c3)c2)O1)C[C@@H](O)c1cccc(O)c1. The highest BCUT2D eigenvalue weighted by Gasteiger charge is 2.33. The number of carbonyl (C=O) groups is 1. The van der Waals surface area contributed by atoms with Gasteiger partial charge in [0.2, 0.25) is 0 Å². The Labute approximate surface area is 289 Å². The van der Waals surface area contributed by atoms with Crippen LogP contribution in [-0.4, -0.2) is 56.2 Å². The van der Waals surface area contributed by atoms with Crippen LogP contribution >= 0.6 is 34.8 Å². The average molecular weight is 700 g/mol. The molecule has 0 aliphatic carbocycles. The van der Waals surface area contributed by atoms with Crippen molar-refractivity contribution in [3.63, 3.8) is 0 Å². The first-order chi connectivity index (χ1) is 22.5. The maximum Gasteiger partial charge on any atom is 0.272 e. The van der Waals surface area contributed by atoms with E-state index in [1.807, 2.05) is 84.7 Å². The molecule has 47 heavy (non-hydrogen) atoms. The van der Waals surface area contributed by atoms with Gasteiger partial charge in [0.1, 0.15) is 5.75 Å². The summed E-state index contributed by atoms with van der Waals surface area (Å²) in [4.78, 5) is 14.0. The molecule has 0 radical (unpaired) electrons. The van der Waals surface area contributed by atoms with Crippen LogP contribution in [0, 0.1) is 0 Å². The number of benzene rings is 4. The van der Waals surface area contributed by atoms with Crippen molar-refractivity contribution in [2.24, 2.45) is 0 Å². The smallest absolute Gasteiger partial charge is 0.272 e. The first-order valence-corrected chi connectivity index (χ1v) is 16.3. The Morgan fingerprint density at radius 1 is 0.915 bits per heavy atom. The summed E-state index contributed by atoms with van der Waals surface area (Å²) in [6.45, 7) is 1.03. The number of ether oxygens (including phenoxy) is 2. The quantitative estimate of drug-likeness (QED) is 0.128. The maximum atomic E-state index is 12.0. The lowest BCUT2D eigenvalue weighted by Crippen LogP contribution is -2.39. The summed E-state index contributed by atoms with van der Waals surface area (Å²) >= 11 is 17.1. The maximum absolute atomic E-state index is 12.0. The van der Waals surface area contributed by atoms with Crippen molar-refractivity contribution < 1.29 is 29.6 Å². The molecular weight excluding hydrogens is 663 g/mol. The summed E-state index contributed by atoms with van der Waals surface area (Å²) in [5.41, 5.74) is 5.96. The highest BCUT2D eigenvalue weighted by molar-refractivity contribution is 6.76. The van der Waals surface area contributed by atoms with Crippen molar-refractivity contribution in [2.45, 2.75) is 48.0 Å². The van der Waals surface area contributed by atoms with Crippen LogP contribution < -0.4 is 5.32 Å². The molecule has 5 rings (SSSR count). The predicted molar refractivity (Wildman–Crippen MR) is 183 cm³/mol. The standard InChI is InChI=1S/C36H37Cl3N2O6/c1-41(21-32(44)28-8-4-10-30(43)17-28)20-31-18-33(25-13-11-23(22-42)12-14-25)47-34(46-31)29-9-3-7-27(16-29)26-6-2-5-24(15-26)19-40-35(45)36(37,38)39/h2-17,31-34,42-44H,18-22H2,1H3,(H,40,45)/t31-,32-,33+,34+/m1/s1. The number of aromatic hydroxyl groups is 1. The number of phenols is 1. The van der Waals surface area contributed by atoms with Crippen LogP contribution in [0.15, 0.2) is 97.1 Å². The van der Waals surface area contributed by atoms with Crippen LogP contribution in [0.4, 0.5) is 0 Å². The zero-order valence-electron chi connectivity index (χ0n) is 25.7. The third-order valence-corrected chi connectivity index (χ3v) is 8.51. The number of alkyl halides is 3. The first-order valence-electron chi connectivity index (χ1n) is 15.2. The Kier molecular flexibility index (Phi) is 11.8. The molecule has 1 aliphatic heterocycles. The summed E-state index contributed by atoms with van der Waals surface area (Å²) < 4.78 is 11.1. The van der Waals surface area contributed by atoms with E-state index in [0.29, 0.717) is 25.1 Å². The number of aliphatic hydroxyl groups is 2. The molecule has 0 aromatic heterocycles. The molecule has 8 nitrogen and oxygen atoms in total. The third-order valence-electron chi connectivity index (χ3n) is 8.00. The van der Waals surface area contributed by atoms with Gasteiger partial charge < -0.3 is 35.0 Å². The van der Waals surface area contributed by atoms with Gasteiger partial charge in [0.05, 0.1) is 24.9 Å². The minimum absolute atomic E-state index is 0.0419. The number of hydrogen-bond acceptors (Lipinski definition) is 7. The van der Waals surface area contributed by atoms with Gasteiger partial charge in [-0.1, -0.05) is 108 Å². The molecule has 4 N–H and O–H groups in total. The molecule has 1 heterocycles. The second kappa shape index (κ2) is 15.8. The molecule has 1 saturated heterocycles. The number of rotatable bonds is 11. The van der Waals surface area contributed by atoms with E-state index in [1.165, 1.54) is 0 Å². The first kappa shape index (κ1) is 35.1. The van der Waals surface area contributed by atoms with Crippen LogP contribution in [0.1, 0.15) is 52.7 Å². The lowest BCUT2D eigenvalue weighted by molar-refractivity contribution is -0.252. The fourth-order valence-electron chi connectivity index (χ4n) is 5.60. The van der Waals surface area contributed by atoms with Crippen LogP contribution in [0.3, 0.4) is 0 Å². The van der Waals surface area contributed by atoms with E-state index in [2.05, 4.69) is 5.32 Å². The van der Waals surface area contributed by atoms with E-state index in [-0.39, 0.29) is 31.1 Å². The Morgan fingerprint density at radius 3 is 2.32 bits per heavy atom. The normalized spacial score (nSPS) is 19.0. The molecule has 11 heteroatoms. The van der Waals surface area contributed by atoms with Crippen molar-refractivity contribution in [3.05, 3.63) is 125 Å². The number of aliphatic hydroxyl groups excluding tert-OH is 2. The molecule has 0 spiro atoms. The van der Waals surface area contributed by atoms with Crippen LogP contribution in [-0.2, 0) is 27.4 Å². The van der Waals surface area contributed by atoms with Gasteiger partial charge in [-0.25, -0.2) is 0 Å². The zero-order chi connectivity index (χ0) is 33.6. The molecule has 1 amide bonds. The van der Waals surface area contributed by atoms with E-state index < -0.39 is 22.1 Å². The summed E-state index contributed by atoms with van der Waals surface area (Å²) in [5, 5.41) is 32.8. The zero-order valence-corrected chi connectivity index (χ0v) is 28.0. The van der Waals surface area contributed by atoms with E-state index in [0.717, 1.165) is 33.4 Å². The summed E-state index contributed by atoms with van der Waals surface area (Å²) in [7, 11) is 1.92. The lowest BCUT2D eigenvalue weighted by atomic mass is 9.98. The van der Waals surface area contributed by atoms with E-state index in [4.69, 9.17) is 44.3 Å². The summed E-state index contributed by atoms with van der Waals surface area (Å²) in [6.07, 6.45) is -1.38. The van der Waals surface area contributed by atoms with E-state index in [1.54, 1.807) is 24.3 Å². The molecule has 4 aromatic carbocycles. The number of halogens is 3. The lowest BCUT2D eigenvalue weighted by Gasteiger charge is -2.38. The Morgan fingerprint density at radius 2 is 1.62 bits per heavy atom. The molecule has 1 aliphatic rings. The molecule has 248 valence electrons. The van der Waals surface area contributed by atoms with Gasteiger partial charge in [0.25, 0.3) is 9.70 Å². The highest BCUT2D eigenvalue weighted by Crippen LogP contribution is 2.39. The molecule has 1 fully saturated rings.